The number of ether oxygens (including phenoxy) is 2. The second kappa shape index (κ2) is 6.26. The maximum absolute atomic E-state index is 12.1. The Hall–Kier alpha value is -2.88. The number of allylic oxidation sites excluding steroid dienone is 2. The van der Waals surface area contributed by atoms with Crippen molar-refractivity contribution in [3.05, 3.63) is 72.2 Å². The topological polar surface area (TPSA) is 52.6 Å². The first-order valence-electron chi connectivity index (χ1n) is 6.67. The Bertz CT molecular complexity index is 720. The van der Waals surface area contributed by atoms with E-state index in [0.29, 0.717) is 33.4 Å². The molecule has 0 fully saturated rings. The molecule has 0 unspecified atom stereocenters. The fourth-order valence-corrected chi connectivity index (χ4v) is 2.08. The largest absolute Gasteiger partial charge is 0.428 e. The molecule has 112 valence electrons. The van der Waals surface area contributed by atoms with E-state index in [1.807, 2.05) is 0 Å². The van der Waals surface area contributed by atoms with Crippen LogP contribution in [0, 0.1) is 0 Å². The van der Waals surface area contributed by atoms with Crippen LogP contribution in [0.15, 0.2) is 61.1 Å². The number of carbonyl (C=O) groups is 2. The zero-order valence-electron chi connectivity index (χ0n) is 12.5. The van der Waals surface area contributed by atoms with Gasteiger partial charge in [-0.05, 0) is 36.8 Å². The summed E-state index contributed by atoms with van der Waals surface area (Å²) in [5.74, 6) is -0.410. The summed E-state index contributed by atoms with van der Waals surface area (Å²) in [7, 11) is 0. The van der Waals surface area contributed by atoms with Gasteiger partial charge in [-0.2, -0.15) is 0 Å². The molecular formula is C18H16O4. The van der Waals surface area contributed by atoms with Gasteiger partial charge in [0.1, 0.15) is 0 Å². The third kappa shape index (κ3) is 3.23. The summed E-state index contributed by atoms with van der Waals surface area (Å²) >= 11 is 0. The normalized spacial score (nSPS) is 10.1. The molecule has 4 heteroatoms. The number of hydrogen-bond acceptors (Lipinski definition) is 4. The van der Waals surface area contributed by atoms with Crippen LogP contribution in [-0.4, -0.2) is 11.9 Å². The summed E-state index contributed by atoms with van der Waals surface area (Å²) in [4.78, 5) is 24.2. The first-order valence-corrected chi connectivity index (χ1v) is 6.67. The molecule has 0 amide bonds. The SMILES string of the molecule is C=C(C)OC(=O)c1ccc(C(=O)OC(=C)C)c2ccccc12. The van der Waals surface area contributed by atoms with Crippen LogP contribution in [0.5, 0.6) is 0 Å². The molecule has 0 bridgehead atoms. The van der Waals surface area contributed by atoms with E-state index < -0.39 is 11.9 Å². The molecule has 0 aliphatic rings. The van der Waals surface area contributed by atoms with E-state index in [-0.39, 0.29) is 0 Å². The minimum Gasteiger partial charge on any atom is -0.428 e. The van der Waals surface area contributed by atoms with Crippen molar-refractivity contribution in [2.24, 2.45) is 0 Å². The Balaban J connectivity index is 2.56. The molecule has 0 aromatic heterocycles. The summed E-state index contributed by atoms with van der Waals surface area (Å²) in [6, 6.07) is 10.2. The van der Waals surface area contributed by atoms with Crippen LogP contribution < -0.4 is 0 Å². The molecule has 0 atom stereocenters. The molecule has 0 spiro atoms. The predicted molar refractivity (Wildman–Crippen MR) is 84.4 cm³/mol. The summed E-state index contributed by atoms with van der Waals surface area (Å²) in [5.41, 5.74) is 0.732. The van der Waals surface area contributed by atoms with E-state index in [1.54, 1.807) is 50.2 Å². The highest BCUT2D eigenvalue weighted by atomic mass is 16.5. The predicted octanol–water partition coefficient (Wildman–Crippen LogP) is 4.22. The molecule has 0 heterocycles. The van der Waals surface area contributed by atoms with Crippen molar-refractivity contribution >= 4 is 22.7 Å². The molecule has 0 aliphatic carbocycles. The Morgan fingerprint density at radius 3 is 1.45 bits per heavy atom. The monoisotopic (exact) mass is 296 g/mol. The highest BCUT2D eigenvalue weighted by molar-refractivity contribution is 6.12. The quantitative estimate of drug-likeness (QED) is 0.626. The second-order valence-electron chi connectivity index (χ2n) is 4.89. The number of hydrogen-bond donors (Lipinski definition) is 0. The minimum atomic E-state index is -0.511. The second-order valence-corrected chi connectivity index (χ2v) is 4.89. The van der Waals surface area contributed by atoms with Crippen molar-refractivity contribution in [1.29, 1.82) is 0 Å². The Kier molecular flexibility index (Phi) is 4.41. The van der Waals surface area contributed by atoms with Crippen molar-refractivity contribution in [2.45, 2.75) is 13.8 Å². The zero-order valence-corrected chi connectivity index (χ0v) is 12.5. The molecule has 0 saturated carbocycles. The lowest BCUT2D eigenvalue weighted by Gasteiger charge is -2.10. The van der Waals surface area contributed by atoms with Crippen molar-refractivity contribution in [3.63, 3.8) is 0 Å². The van der Waals surface area contributed by atoms with Gasteiger partial charge in [-0.15, -0.1) is 0 Å². The van der Waals surface area contributed by atoms with Gasteiger partial charge in [0.25, 0.3) is 0 Å². The summed E-state index contributed by atoms with van der Waals surface area (Å²) < 4.78 is 10.1. The first kappa shape index (κ1) is 15.5. The maximum Gasteiger partial charge on any atom is 0.343 e. The fraction of sp³-hybridized carbons (Fsp3) is 0.111. The van der Waals surface area contributed by atoms with Crippen LogP contribution >= 0.6 is 0 Å². The van der Waals surface area contributed by atoms with Gasteiger partial charge in [0.2, 0.25) is 0 Å². The molecule has 0 N–H and O–H groups in total. The Morgan fingerprint density at radius 1 is 0.773 bits per heavy atom. The number of esters is 2. The van der Waals surface area contributed by atoms with Crippen molar-refractivity contribution in [3.8, 4) is 0 Å². The Labute approximate surface area is 128 Å². The van der Waals surface area contributed by atoms with E-state index in [9.17, 15) is 9.59 Å². The van der Waals surface area contributed by atoms with Crippen LogP contribution in [0.3, 0.4) is 0 Å². The van der Waals surface area contributed by atoms with Crippen LogP contribution in [0.25, 0.3) is 10.8 Å². The highest BCUT2D eigenvalue weighted by Gasteiger charge is 2.18. The van der Waals surface area contributed by atoms with E-state index in [4.69, 9.17) is 9.47 Å². The Morgan fingerprint density at radius 2 is 1.14 bits per heavy atom. The summed E-state index contributed by atoms with van der Waals surface area (Å²) in [5, 5.41) is 1.23. The van der Waals surface area contributed by atoms with Crippen molar-refractivity contribution < 1.29 is 19.1 Å². The van der Waals surface area contributed by atoms with Crippen LogP contribution in [0.2, 0.25) is 0 Å². The van der Waals surface area contributed by atoms with E-state index in [1.165, 1.54) is 0 Å². The third-order valence-electron chi connectivity index (χ3n) is 2.90. The van der Waals surface area contributed by atoms with Crippen LogP contribution in [0.1, 0.15) is 34.6 Å². The van der Waals surface area contributed by atoms with E-state index in [0.717, 1.165) is 0 Å². The molecule has 2 rings (SSSR count). The number of benzene rings is 2. The van der Waals surface area contributed by atoms with Crippen molar-refractivity contribution in [1.82, 2.24) is 0 Å². The number of carbonyl (C=O) groups excluding carboxylic acids is 2. The molecule has 0 radical (unpaired) electrons. The molecule has 0 aliphatic heterocycles. The van der Waals surface area contributed by atoms with Crippen molar-refractivity contribution in [2.75, 3.05) is 0 Å². The average Bonchev–Trinajstić information content (AvgIpc) is 2.44. The third-order valence-corrected chi connectivity index (χ3v) is 2.90. The van der Waals surface area contributed by atoms with E-state index >= 15 is 0 Å². The van der Waals surface area contributed by atoms with Gasteiger partial charge in [-0.25, -0.2) is 9.59 Å². The first-order chi connectivity index (χ1) is 10.4. The smallest absolute Gasteiger partial charge is 0.343 e. The summed E-state index contributed by atoms with van der Waals surface area (Å²) in [6.07, 6.45) is 0. The lowest BCUT2D eigenvalue weighted by atomic mass is 9.99. The lowest BCUT2D eigenvalue weighted by molar-refractivity contribution is 0.0615. The minimum absolute atomic E-state index is 0.305. The van der Waals surface area contributed by atoms with Crippen LogP contribution in [0.4, 0.5) is 0 Å². The molecule has 4 nitrogen and oxygen atoms in total. The van der Waals surface area contributed by atoms with Gasteiger partial charge in [0.15, 0.2) is 0 Å². The maximum atomic E-state index is 12.1. The molecule has 22 heavy (non-hydrogen) atoms. The number of fused-ring (bicyclic) bond motifs is 1. The van der Waals surface area contributed by atoms with Crippen LogP contribution in [-0.2, 0) is 9.47 Å². The van der Waals surface area contributed by atoms with Gasteiger partial charge in [-0.1, -0.05) is 37.4 Å². The van der Waals surface area contributed by atoms with Gasteiger partial charge in [-0.3, -0.25) is 0 Å². The molecule has 2 aromatic carbocycles. The summed E-state index contributed by atoms with van der Waals surface area (Å²) in [6.45, 7) is 10.3. The molecular weight excluding hydrogens is 280 g/mol. The highest BCUT2D eigenvalue weighted by Crippen LogP contribution is 2.25. The fourth-order valence-electron chi connectivity index (χ4n) is 2.08. The average molecular weight is 296 g/mol. The molecule has 2 aromatic rings. The van der Waals surface area contributed by atoms with Gasteiger partial charge < -0.3 is 9.47 Å². The lowest BCUT2D eigenvalue weighted by Crippen LogP contribution is -2.08. The zero-order chi connectivity index (χ0) is 16.3. The standard InChI is InChI=1S/C18H16O4/c1-11(2)21-17(19)15-9-10-16(18(20)22-12(3)4)14-8-6-5-7-13(14)15/h5-10H,1,3H2,2,4H3. The molecule has 0 saturated heterocycles. The van der Waals surface area contributed by atoms with Gasteiger partial charge in [0, 0.05) is 0 Å². The van der Waals surface area contributed by atoms with Gasteiger partial charge >= 0.3 is 11.9 Å². The van der Waals surface area contributed by atoms with Gasteiger partial charge in [0.05, 0.1) is 22.6 Å². The van der Waals surface area contributed by atoms with E-state index in [2.05, 4.69) is 13.2 Å². The number of rotatable bonds is 4.